The second kappa shape index (κ2) is 4.19. The van der Waals surface area contributed by atoms with Crippen molar-refractivity contribution in [3.63, 3.8) is 0 Å². The molecule has 0 spiro atoms. The second-order valence-corrected chi connectivity index (χ2v) is 5.21. The molecule has 0 saturated heterocycles. The lowest BCUT2D eigenvalue weighted by atomic mass is 10.2. The zero-order valence-electron chi connectivity index (χ0n) is 7.26. The molecular weight excluding hydrogens is 284 g/mol. The SMILES string of the molecule is OCc1cc2c(Br)ccc(CCl)c2s1. The van der Waals surface area contributed by atoms with Crippen LogP contribution in [0.3, 0.4) is 0 Å². The standard InChI is InChI=1S/C10H8BrClOS/c11-9-2-1-6(4-12)10-8(9)3-7(5-13)14-10/h1-3,13H,4-5H2. The molecule has 0 unspecified atom stereocenters. The summed E-state index contributed by atoms with van der Waals surface area (Å²) < 4.78 is 2.22. The molecule has 1 heterocycles. The van der Waals surface area contributed by atoms with E-state index >= 15 is 0 Å². The van der Waals surface area contributed by atoms with E-state index in [1.54, 1.807) is 11.3 Å². The van der Waals surface area contributed by atoms with Crippen molar-refractivity contribution in [2.75, 3.05) is 0 Å². The molecule has 2 rings (SSSR count). The molecule has 1 aromatic carbocycles. The van der Waals surface area contributed by atoms with Crippen LogP contribution in [0.2, 0.25) is 0 Å². The lowest BCUT2D eigenvalue weighted by molar-refractivity contribution is 0.285. The van der Waals surface area contributed by atoms with Gasteiger partial charge in [0.1, 0.15) is 0 Å². The molecular formula is C10H8BrClOS. The van der Waals surface area contributed by atoms with E-state index in [4.69, 9.17) is 16.7 Å². The number of fused-ring (bicyclic) bond motifs is 1. The predicted octanol–water partition coefficient (Wildman–Crippen LogP) is 3.89. The van der Waals surface area contributed by atoms with E-state index in [9.17, 15) is 0 Å². The van der Waals surface area contributed by atoms with Crippen molar-refractivity contribution in [1.82, 2.24) is 0 Å². The topological polar surface area (TPSA) is 20.2 Å². The average molecular weight is 292 g/mol. The third-order valence-electron chi connectivity index (χ3n) is 2.06. The molecule has 0 aliphatic carbocycles. The second-order valence-electron chi connectivity index (χ2n) is 2.95. The minimum atomic E-state index is 0.0908. The van der Waals surface area contributed by atoms with Gasteiger partial charge in [-0.25, -0.2) is 0 Å². The van der Waals surface area contributed by atoms with Crippen LogP contribution in [0.25, 0.3) is 10.1 Å². The fourth-order valence-corrected chi connectivity index (χ4v) is 3.31. The van der Waals surface area contributed by atoms with Crippen molar-refractivity contribution in [2.45, 2.75) is 12.5 Å². The fraction of sp³-hybridized carbons (Fsp3) is 0.200. The van der Waals surface area contributed by atoms with Crippen LogP contribution in [0.15, 0.2) is 22.7 Å². The van der Waals surface area contributed by atoms with Crippen LogP contribution in [0.5, 0.6) is 0 Å². The number of hydrogen-bond donors (Lipinski definition) is 1. The Balaban J connectivity index is 2.74. The van der Waals surface area contributed by atoms with E-state index in [0.29, 0.717) is 5.88 Å². The normalized spacial score (nSPS) is 11.1. The lowest BCUT2D eigenvalue weighted by Crippen LogP contribution is -1.77. The quantitative estimate of drug-likeness (QED) is 0.832. The molecule has 0 amide bonds. The lowest BCUT2D eigenvalue weighted by Gasteiger charge is -1.98. The van der Waals surface area contributed by atoms with Crippen LogP contribution in [-0.4, -0.2) is 5.11 Å². The first kappa shape index (κ1) is 10.4. The molecule has 0 radical (unpaired) electrons. The highest BCUT2D eigenvalue weighted by molar-refractivity contribution is 9.10. The van der Waals surface area contributed by atoms with Gasteiger partial charge in [0.25, 0.3) is 0 Å². The van der Waals surface area contributed by atoms with Crippen molar-refractivity contribution < 1.29 is 5.11 Å². The Morgan fingerprint density at radius 1 is 1.43 bits per heavy atom. The summed E-state index contributed by atoms with van der Waals surface area (Å²) >= 11 is 10.9. The number of halogens is 2. The van der Waals surface area contributed by atoms with Gasteiger partial charge in [0.2, 0.25) is 0 Å². The molecule has 0 saturated carbocycles. The summed E-state index contributed by atoms with van der Waals surface area (Å²) in [7, 11) is 0. The van der Waals surface area contributed by atoms with Crippen LogP contribution < -0.4 is 0 Å². The maximum absolute atomic E-state index is 9.06. The summed E-state index contributed by atoms with van der Waals surface area (Å²) in [6.45, 7) is 0.0908. The van der Waals surface area contributed by atoms with Crippen molar-refractivity contribution in [2.24, 2.45) is 0 Å². The van der Waals surface area contributed by atoms with Gasteiger partial charge in [0.15, 0.2) is 0 Å². The van der Waals surface area contributed by atoms with E-state index in [1.165, 1.54) is 4.70 Å². The number of rotatable bonds is 2. The first-order valence-corrected chi connectivity index (χ1v) is 6.27. The van der Waals surface area contributed by atoms with Crippen molar-refractivity contribution in [3.05, 3.63) is 33.1 Å². The maximum atomic E-state index is 9.06. The van der Waals surface area contributed by atoms with Crippen molar-refractivity contribution in [3.8, 4) is 0 Å². The van der Waals surface area contributed by atoms with E-state index in [0.717, 1.165) is 20.3 Å². The van der Waals surface area contributed by atoms with Gasteiger partial charge in [-0.3, -0.25) is 0 Å². The number of aliphatic hydroxyl groups excluding tert-OH is 1. The molecule has 1 nitrogen and oxygen atoms in total. The molecule has 0 fully saturated rings. The zero-order valence-corrected chi connectivity index (χ0v) is 10.4. The monoisotopic (exact) mass is 290 g/mol. The van der Waals surface area contributed by atoms with Gasteiger partial charge in [-0.2, -0.15) is 0 Å². The highest BCUT2D eigenvalue weighted by Crippen LogP contribution is 2.34. The summed E-state index contributed by atoms with van der Waals surface area (Å²) in [4.78, 5) is 0.971. The van der Waals surface area contributed by atoms with Gasteiger partial charge in [-0.05, 0) is 17.7 Å². The summed E-state index contributed by atoms with van der Waals surface area (Å²) in [6, 6.07) is 6.01. The van der Waals surface area contributed by atoms with Crippen LogP contribution in [0.4, 0.5) is 0 Å². The molecule has 0 aliphatic rings. The molecule has 4 heteroatoms. The van der Waals surface area contributed by atoms with Crippen LogP contribution >= 0.6 is 38.9 Å². The molecule has 1 aromatic heterocycles. The highest BCUT2D eigenvalue weighted by Gasteiger charge is 2.08. The molecule has 2 aromatic rings. The van der Waals surface area contributed by atoms with Gasteiger partial charge in [-0.15, -0.1) is 22.9 Å². The van der Waals surface area contributed by atoms with Gasteiger partial charge in [-0.1, -0.05) is 22.0 Å². The first-order valence-electron chi connectivity index (χ1n) is 4.13. The smallest absolute Gasteiger partial charge is 0.0774 e. The molecule has 74 valence electrons. The predicted molar refractivity (Wildman–Crippen MR) is 65.0 cm³/mol. The Morgan fingerprint density at radius 2 is 2.21 bits per heavy atom. The Morgan fingerprint density at radius 3 is 2.86 bits per heavy atom. The van der Waals surface area contributed by atoms with Gasteiger partial charge in [0.05, 0.1) is 6.61 Å². The molecule has 1 N–H and O–H groups in total. The molecule has 0 bridgehead atoms. The fourth-order valence-electron chi connectivity index (χ4n) is 1.38. The summed E-state index contributed by atoms with van der Waals surface area (Å²) in [5.41, 5.74) is 1.12. The third-order valence-corrected chi connectivity index (χ3v) is 4.24. The van der Waals surface area contributed by atoms with Crippen LogP contribution in [-0.2, 0) is 12.5 Å². The Labute approximate surface area is 99.4 Å². The first-order chi connectivity index (χ1) is 6.76. The van der Waals surface area contributed by atoms with E-state index in [2.05, 4.69) is 15.9 Å². The van der Waals surface area contributed by atoms with Gasteiger partial charge in [0, 0.05) is 25.3 Å². The van der Waals surface area contributed by atoms with E-state index in [1.807, 2.05) is 18.2 Å². The van der Waals surface area contributed by atoms with Gasteiger partial charge >= 0.3 is 0 Å². The minimum absolute atomic E-state index is 0.0908. The van der Waals surface area contributed by atoms with Crippen LogP contribution in [0.1, 0.15) is 10.4 Å². The minimum Gasteiger partial charge on any atom is -0.391 e. The highest BCUT2D eigenvalue weighted by atomic mass is 79.9. The number of thiophene rings is 1. The van der Waals surface area contributed by atoms with Crippen molar-refractivity contribution in [1.29, 1.82) is 0 Å². The summed E-state index contributed by atoms with van der Waals surface area (Å²) in [6.07, 6.45) is 0. The molecule has 0 atom stereocenters. The molecule has 14 heavy (non-hydrogen) atoms. The van der Waals surface area contributed by atoms with E-state index < -0.39 is 0 Å². The summed E-state index contributed by atoms with van der Waals surface area (Å²) in [5, 5.41) is 10.2. The number of alkyl halides is 1. The number of benzene rings is 1. The number of aliphatic hydroxyl groups is 1. The zero-order chi connectivity index (χ0) is 10.1. The summed E-state index contributed by atoms with van der Waals surface area (Å²) in [5.74, 6) is 0.509. The largest absolute Gasteiger partial charge is 0.391 e. The third kappa shape index (κ3) is 1.70. The Bertz CT molecular complexity index is 466. The van der Waals surface area contributed by atoms with Gasteiger partial charge < -0.3 is 5.11 Å². The van der Waals surface area contributed by atoms with Crippen molar-refractivity contribution >= 4 is 49.0 Å². The Hall–Kier alpha value is -0.0900. The molecule has 0 aliphatic heterocycles. The maximum Gasteiger partial charge on any atom is 0.0774 e. The van der Waals surface area contributed by atoms with E-state index in [-0.39, 0.29) is 6.61 Å². The Kier molecular flexibility index (Phi) is 3.12. The van der Waals surface area contributed by atoms with Crippen LogP contribution in [0, 0.1) is 0 Å². The average Bonchev–Trinajstić information content (AvgIpc) is 2.63. The number of hydrogen-bond acceptors (Lipinski definition) is 2.